The van der Waals surface area contributed by atoms with Gasteiger partial charge in [-0.3, -0.25) is 9.78 Å². The lowest BCUT2D eigenvalue weighted by Gasteiger charge is -2.25. The molecule has 0 saturated carbocycles. The highest BCUT2D eigenvalue weighted by Gasteiger charge is 2.23. The maximum atomic E-state index is 14.0. The highest BCUT2D eigenvalue weighted by molar-refractivity contribution is 7.13. The Kier molecular flexibility index (Phi) is 5.52. The number of ketones is 1. The van der Waals surface area contributed by atoms with Gasteiger partial charge < -0.3 is 9.47 Å². The van der Waals surface area contributed by atoms with Gasteiger partial charge in [0.05, 0.1) is 18.8 Å². The lowest BCUT2D eigenvalue weighted by Crippen LogP contribution is -2.20. The largest absolute Gasteiger partial charge is 0.348 e. The SMILES string of the molecule is O=C(Cc1cnccc1C1OCCCO1)c1csc(-c2c(F)cccc2F)n1. The molecule has 4 rings (SSSR count). The third-order valence-corrected chi connectivity index (χ3v) is 5.20. The normalized spacial score (nSPS) is 14.9. The van der Waals surface area contributed by atoms with Crippen molar-refractivity contribution in [2.45, 2.75) is 19.1 Å². The van der Waals surface area contributed by atoms with Gasteiger partial charge in [-0.15, -0.1) is 11.3 Å². The van der Waals surface area contributed by atoms with Gasteiger partial charge in [0.25, 0.3) is 0 Å². The molecule has 1 saturated heterocycles. The van der Waals surface area contributed by atoms with E-state index in [1.807, 2.05) is 0 Å². The molecule has 1 aliphatic heterocycles. The number of carbonyl (C=O) groups excluding carboxylic acids is 1. The van der Waals surface area contributed by atoms with Crippen LogP contribution >= 0.6 is 11.3 Å². The van der Waals surface area contributed by atoms with Crippen LogP contribution < -0.4 is 0 Å². The Morgan fingerprint density at radius 2 is 1.93 bits per heavy atom. The number of ether oxygens (including phenoxy) is 2. The molecule has 8 heteroatoms. The first-order chi connectivity index (χ1) is 13.6. The van der Waals surface area contributed by atoms with E-state index in [1.165, 1.54) is 11.4 Å². The summed E-state index contributed by atoms with van der Waals surface area (Å²) in [5.41, 5.74) is 1.35. The van der Waals surface area contributed by atoms with Crippen LogP contribution in [0.1, 0.15) is 34.3 Å². The van der Waals surface area contributed by atoms with Crippen molar-refractivity contribution in [3.8, 4) is 10.6 Å². The molecule has 0 bridgehead atoms. The summed E-state index contributed by atoms with van der Waals surface area (Å²) < 4.78 is 39.2. The summed E-state index contributed by atoms with van der Waals surface area (Å²) in [6.45, 7) is 1.17. The van der Waals surface area contributed by atoms with Gasteiger partial charge in [-0.2, -0.15) is 0 Å². The minimum absolute atomic E-state index is 0.0370. The maximum absolute atomic E-state index is 14.0. The molecule has 1 aliphatic rings. The Morgan fingerprint density at radius 1 is 1.18 bits per heavy atom. The number of carbonyl (C=O) groups is 1. The first-order valence-corrected chi connectivity index (χ1v) is 9.60. The Hall–Kier alpha value is -2.55. The summed E-state index contributed by atoms with van der Waals surface area (Å²) in [6, 6.07) is 5.37. The number of benzene rings is 1. The highest BCUT2D eigenvalue weighted by atomic mass is 32.1. The summed E-state index contributed by atoms with van der Waals surface area (Å²) in [5.74, 6) is -1.70. The monoisotopic (exact) mass is 402 g/mol. The molecule has 3 aromatic rings. The number of Topliss-reactive ketones (excluding diaryl/α,β-unsaturated/α-hetero) is 1. The zero-order chi connectivity index (χ0) is 19.5. The number of hydrogen-bond donors (Lipinski definition) is 0. The molecule has 144 valence electrons. The minimum atomic E-state index is -0.713. The molecular formula is C20H16F2N2O3S. The number of nitrogens with zero attached hydrogens (tertiary/aromatic N) is 2. The van der Waals surface area contributed by atoms with E-state index in [9.17, 15) is 13.6 Å². The molecule has 0 aliphatic carbocycles. The predicted molar refractivity (Wildman–Crippen MR) is 99.0 cm³/mol. The first kappa shape index (κ1) is 18.8. The molecular weight excluding hydrogens is 386 g/mol. The van der Waals surface area contributed by atoms with Crippen LogP contribution in [0.2, 0.25) is 0 Å². The number of rotatable bonds is 5. The second kappa shape index (κ2) is 8.22. The van der Waals surface area contributed by atoms with Crippen LogP contribution in [0.15, 0.2) is 42.0 Å². The van der Waals surface area contributed by atoms with Gasteiger partial charge in [0, 0.05) is 29.8 Å². The van der Waals surface area contributed by atoms with Gasteiger partial charge >= 0.3 is 0 Å². The molecule has 2 aromatic heterocycles. The Labute approximate surface area is 164 Å². The minimum Gasteiger partial charge on any atom is -0.348 e. The van der Waals surface area contributed by atoms with Crippen molar-refractivity contribution in [2.24, 2.45) is 0 Å². The van der Waals surface area contributed by atoms with Crippen LogP contribution in [0, 0.1) is 11.6 Å². The van der Waals surface area contributed by atoms with Crippen LogP contribution in [-0.4, -0.2) is 29.0 Å². The van der Waals surface area contributed by atoms with Crippen LogP contribution in [0.5, 0.6) is 0 Å². The highest BCUT2D eigenvalue weighted by Crippen LogP contribution is 2.30. The van der Waals surface area contributed by atoms with E-state index >= 15 is 0 Å². The average molecular weight is 402 g/mol. The lowest BCUT2D eigenvalue weighted by molar-refractivity contribution is -0.183. The fourth-order valence-electron chi connectivity index (χ4n) is 2.97. The average Bonchev–Trinajstić information content (AvgIpc) is 3.19. The van der Waals surface area contributed by atoms with Crippen LogP contribution in [0.25, 0.3) is 10.6 Å². The fourth-order valence-corrected chi connectivity index (χ4v) is 3.84. The predicted octanol–water partition coefficient (Wildman–Crippen LogP) is 4.34. The molecule has 0 atom stereocenters. The zero-order valence-electron chi connectivity index (χ0n) is 14.7. The van der Waals surface area contributed by atoms with Crippen molar-refractivity contribution in [1.82, 2.24) is 9.97 Å². The van der Waals surface area contributed by atoms with Crippen molar-refractivity contribution in [3.63, 3.8) is 0 Å². The third-order valence-electron chi connectivity index (χ3n) is 4.34. The topological polar surface area (TPSA) is 61.3 Å². The third kappa shape index (κ3) is 3.84. The number of hydrogen-bond acceptors (Lipinski definition) is 6. The van der Waals surface area contributed by atoms with Crippen molar-refractivity contribution in [3.05, 3.63) is 70.5 Å². The van der Waals surface area contributed by atoms with Crippen LogP contribution in [-0.2, 0) is 15.9 Å². The molecule has 1 fully saturated rings. The van der Waals surface area contributed by atoms with E-state index in [0.717, 1.165) is 35.5 Å². The first-order valence-electron chi connectivity index (χ1n) is 8.72. The van der Waals surface area contributed by atoms with Gasteiger partial charge in [0.1, 0.15) is 22.3 Å². The standard InChI is InChI=1S/C20H16F2N2O3S/c21-14-3-1-4-15(22)18(14)19-24-16(11-28-19)17(25)9-12-10-23-6-5-13(12)20-26-7-2-8-27-20/h1,3-6,10-11,20H,2,7-9H2. The lowest BCUT2D eigenvalue weighted by atomic mass is 10.0. The van der Waals surface area contributed by atoms with E-state index in [2.05, 4.69) is 9.97 Å². The Bertz CT molecular complexity index is 982. The van der Waals surface area contributed by atoms with E-state index < -0.39 is 17.9 Å². The molecule has 5 nitrogen and oxygen atoms in total. The summed E-state index contributed by atoms with van der Waals surface area (Å²) in [7, 11) is 0. The molecule has 0 radical (unpaired) electrons. The van der Waals surface area contributed by atoms with Gasteiger partial charge in [0.2, 0.25) is 0 Å². The van der Waals surface area contributed by atoms with Gasteiger partial charge in [0.15, 0.2) is 12.1 Å². The zero-order valence-corrected chi connectivity index (χ0v) is 15.5. The number of pyridine rings is 1. The number of halogens is 2. The number of thiazole rings is 1. The van der Waals surface area contributed by atoms with Crippen molar-refractivity contribution in [2.75, 3.05) is 13.2 Å². The molecule has 1 aromatic carbocycles. The summed E-state index contributed by atoms with van der Waals surface area (Å²) in [4.78, 5) is 20.9. The summed E-state index contributed by atoms with van der Waals surface area (Å²) in [5, 5.41) is 1.64. The van der Waals surface area contributed by atoms with E-state index in [-0.39, 0.29) is 28.5 Å². The fraction of sp³-hybridized carbons (Fsp3) is 0.250. The quantitative estimate of drug-likeness (QED) is 0.594. The second-order valence-corrected chi connectivity index (χ2v) is 7.09. The van der Waals surface area contributed by atoms with E-state index in [0.29, 0.717) is 18.8 Å². The second-order valence-electron chi connectivity index (χ2n) is 6.24. The number of aromatic nitrogens is 2. The molecule has 28 heavy (non-hydrogen) atoms. The maximum Gasteiger partial charge on any atom is 0.186 e. The van der Waals surface area contributed by atoms with Crippen LogP contribution in [0.4, 0.5) is 8.78 Å². The van der Waals surface area contributed by atoms with Crippen molar-refractivity contribution < 1.29 is 23.0 Å². The summed E-state index contributed by atoms with van der Waals surface area (Å²) in [6.07, 6.45) is 3.54. The molecule has 3 heterocycles. The van der Waals surface area contributed by atoms with Crippen molar-refractivity contribution in [1.29, 1.82) is 0 Å². The van der Waals surface area contributed by atoms with Gasteiger partial charge in [-0.05, 0) is 30.2 Å². The molecule has 0 spiro atoms. The Balaban J connectivity index is 1.56. The van der Waals surface area contributed by atoms with E-state index in [1.54, 1.807) is 18.5 Å². The molecule has 0 amide bonds. The van der Waals surface area contributed by atoms with E-state index in [4.69, 9.17) is 9.47 Å². The summed E-state index contributed by atoms with van der Waals surface area (Å²) >= 11 is 1.03. The van der Waals surface area contributed by atoms with Crippen LogP contribution in [0.3, 0.4) is 0 Å². The molecule has 0 unspecified atom stereocenters. The van der Waals surface area contributed by atoms with Gasteiger partial charge in [-0.25, -0.2) is 13.8 Å². The van der Waals surface area contributed by atoms with Gasteiger partial charge in [-0.1, -0.05) is 6.07 Å². The smallest absolute Gasteiger partial charge is 0.186 e. The Morgan fingerprint density at radius 3 is 2.68 bits per heavy atom. The van der Waals surface area contributed by atoms with Crippen molar-refractivity contribution >= 4 is 17.1 Å². The molecule has 0 N–H and O–H groups in total.